The van der Waals surface area contributed by atoms with Crippen molar-refractivity contribution < 1.29 is 23.8 Å². The fraction of sp³-hybridized carbons (Fsp3) is 0.611. The SMILES string of the molecule is COC(=O)[C@@H]1C[C@H]([C@H]2COC(C)(C)O2)N([C@@H](C)c2ccccc2)O1. The molecule has 24 heavy (non-hydrogen) atoms. The van der Waals surface area contributed by atoms with Crippen LogP contribution in [0.5, 0.6) is 0 Å². The van der Waals surface area contributed by atoms with E-state index in [9.17, 15) is 4.79 Å². The van der Waals surface area contributed by atoms with Gasteiger partial charge in [-0.15, -0.1) is 0 Å². The molecular formula is C18H25NO5. The Morgan fingerprint density at radius 3 is 2.62 bits per heavy atom. The van der Waals surface area contributed by atoms with Crippen molar-refractivity contribution in [2.45, 2.75) is 57.3 Å². The number of esters is 1. The molecule has 0 unspecified atom stereocenters. The summed E-state index contributed by atoms with van der Waals surface area (Å²) in [6.07, 6.45) is -0.243. The summed E-state index contributed by atoms with van der Waals surface area (Å²) in [5.74, 6) is -0.976. The maximum absolute atomic E-state index is 12.0. The molecule has 0 bridgehead atoms. The lowest BCUT2D eigenvalue weighted by Crippen LogP contribution is -2.41. The van der Waals surface area contributed by atoms with E-state index in [4.69, 9.17) is 19.0 Å². The normalized spacial score (nSPS) is 31.1. The molecule has 2 fully saturated rings. The third-order valence-corrected chi connectivity index (χ3v) is 4.62. The molecular weight excluding hydrogens is 310 g/mol. The maximum Gasteiger partial charge on any atom is 0.337 e. The number of nitrogens with zero attached hydrogens (tertiary/aromatic N) is 1. The lowest BCUT2D eigenvalue weighted by atomic mass is 10.0. The van der Waals surface area contributed by atoms with Gasteiger partial charge in [0, 0.05) is 6.42 Å². The Morgan fingerprint density at radius 1 is 1.33 bits per heavy atom. The maximum atomic E-state index is 12.0. The van der Waals surface area contributed by atoms with Crippen LogP contribution in [0.4, 0.5) is 0 Å². The monoisotopic (exact) mass is 335 g/mol. The Hall–Kier alpha value is -1.47. The van der Waals surface area contributed by atoms with Crippen molar-refractivity contribution in [3.8, 4) is 0 Å². The predicted molar refractivity (Wildman–Crippen MR) is 86.9 cm³/mol. The van der Waals surface area contributed by atoms with Gasteiger partial charge in [-0.2, -0.15) is 5.06 Å². The first kappa shape index (κ1) is 17.4. The molecule has 6 nitrogen and oxygen atoms in total. The van der Waals surface area contributed by atoms with Crippen molar-refractivity contribution in [3.05, 3.63) is 35.9 Å². The first-order valence-electron chi connectivity index (χ1n) is 8.31. The number of carbonyl (C=O) groups excluding carboxylic acids is 1. The van der Waals surface area contributed by atoms with E-state index in [0.717, 1.165) is 5.56 Å². The van der Waals surface area contributed by atoms with Gasteiger partial charge in [-0.1, -0.05) is 30.3 Å². The lowest BCUT2D eigenvalue weighted by Gasteiger charge is -2.32. The highest BCUT2D eigenvalue weighted by Gasteiger charge is 2.48. The van der Waals surface area contributed by atoms with Crippen LogP contribution in [0.2, 0.25) is 0 Å². The summed E-state index contributed by atoms with van der Waals surface area (Å²) >= 11 is 0. The zero-order valence-corrected chi connectivity index (χ0v) is 14.6. The molecule has 0 amide bonds. The van der Waals surface area contributed by atoms with Crippen LogP contribution in [-0.4, -0.2) is 48.8 Å². The average molecular weight is 335 g/mol. The fourth-order valence-corrected chi connectivity index (χ4v) is 3.34. The Morgan fingerprint density at radius 2 is 2.04 bits per heavy atom. The van der Waals surface area contributed by atoms with Crippen LogP contribution in [0, 0.1) is 0 Å². The molecule has 1 aromatic carbocycles. The molecule has 0 aliphatic carbocycles. The van der Waals surface area contributed by atoms with E-state index in [1.165, 1.54) is 7.11 Å². The van der Waals surface area contributed by atoms with E-state index in [-0.39, 0.29) is 24.2 Å². The molecule has 2 aliphatic rings. The van der Waals surface area contributed by atoms with Gasteiger partial charge in [-0.3, -0.25) is 4.84 Å². The number of hydrogen-bond donors (Lipinski definition) is 0. The van der Waals surface area contributed by atoms with Crippen molar-refractivity contribution in [1.82, 2.24) is 5.06 Å². The second-order valence-electron chi connectivity index (χ2n) is 6.73. The molecule has 0 spiro atoms. The fourth-order valence-electron chi connectivity index (χ4n) is 3.34. The van der Waals surface area contributed by atoms with Crippen LogP contribution in [0.15, 0.2) is 30.3 Å². The van der Waals surface area contributed by atoms with Crippen LogP contribution < -0.4 is 0 Å². The predicted octanol–water partition coefficient (Wildman–Crippen LogP) is 2.45. The van der Waals surface area contributed by atoms with Crippen LogP contribution in [0.1, 0.15) is 38.8 Å². The topological polar surface area (TPSA) is 57.2 Å². The van der Waals surface area contributed by atoms with Gasteiger partial charge in [0.05, 0.1) is 25.8 Å². The third-order valence-electron chi connectivity index (χ3n) is 4.62. The third kappa shape index (κ3) is 3.47. The number of hydroxylamine groups is 2. The van der Waals surface area contributed by atoms with E-state index in [0.29, 0.717) is 13.0 Å². The Labute approximate surface area is 142 Å². The van der Waals surface area contributed by atoms with Gasteiger partial charge < -0.3 is 14.2 Å². The second-order valence-corrected chi connectivity index (χ2v) is 6.73. The van der Waals surface area contributed by atoms with Crippen LogP contribution in [-0.2, 0) is 23.8 Å². The van der Waals surface area contributed by atoms with E-state index >= 15 is 0 Å². The summed E-state index contributed by atoms with van der Waals surface area (Å²) in [4.78, 5) is 17.9. The Bertz CT molecular complexity index is 576. The van der Waals surface area contributed by atoms with Crippen molar-refractivity contribution >= 4 is 5.97 Å². The largest absolute Gasteiger partial charge is 0.467 e. The lowest BCUT2D eigenvalue weighted by molar-refractivity contribution is -0.216. The summed E-state index contributed by atoms with van der Waals surface area (Å²) in [5.41, 5.74) is 1.12. The van der Waals surface area contributed by atoms with Crippen LogP contribution >= 0.6 is 0 Å². The molecule has 4 atom stereocenters. The quantitative estimate of drug-likeness (QED) is 0.788. The summed E-state index contributed by atoms with van der Waals surface area (Å²) in [7, 11) is 1.38. The minimum absolute atomic E-state index is 0.0156. The highest BCUT2D eigenvalue weighted by Crippen LogP contribution is 2.37. The molecule has 2 saturated heterocycles. The minimum Gasteiger partial charge on any atom is -0.467 e. The highest BCUT2D eigenvalue weighted by molar-refractivity contribution is 5.74. The standard InChI is InChI=1S/C18H25NO5/c1-12(13-8-6-5-7-9-13)19-14(10-15(24-19)17(20)21-4)16-11-22-18(2,3)23-16/h5-9,12,14-16H,10-11H2,1-4H3/t12-,14+,15-,16+/m0/s1. The van der Waals surface area contributed by atoms with Gasteiger partial charge >= 0.3 is 5.97 Å². The number of ether oxygens (including phenoxy) is 3. The van der Waals surface area contributed by atoms with Gasteiger partial charge in [0.1, 0.15) is 6.10 Å². The van der Waals surface area contributed by atoms with Gasteiger partial charge in [-0.05, 0) is 26.3 Å². The van der Waals surface area contributed by atoms with Gasteiger partial charge in [0.2, 0.25) is 0 Å². The van der Waals surface area contributed by atoms with Crippen LogP contribution in [0.25, 0.3) is 0 Å². The smallest absolute Gasteiger partial charge is 0.337 e. The molecule has 6 heteroatoms. The Balaban J connectivity index is 1.82. The summed E-state index contributed by atoms with van der Waals surface area (Å²) < 4.78 is 16.6. The first-order chi connectivity index (χ1) is 11.4. The molecule has 2 aliphatic heterocycles. The second kappa shape index (κ2) is 6.80. The van der Waals surface area contributed by atoms with Crippen LogP contribution in [0.3, 0.4) is 0 Å². The zero-order chi connectivity index (χ0) is 17.3. The number of benzene rings is 1. The van der Waals surface area contributed by atoms with Crippen molar-refractivity contribution in [2.75, 3.05) is 13.7 Å². The minimum atomic E-state index is -0.615. The van der Waals surface area contributed by atoms with E-state index in [1.54, 1.807) is 0 Å². The molecule has 0 aromatic heterocycles. The summed E-state index contributed by atoms with van der Waals surface area (Å²) in [6.45, 7) is 6.33. The van der Waals surface area contributed by atoms with Crippen molar-refractivity contribution in [3.63, 3.8) is 0 Å². The van der Waals surface area contributed by atoms with Gasteiger partial charge in [0.15, 0.2) is 11.9 Å². The molecule has 132 valence electrons. The highest BCUT2D eigenvalue weighted by atomic mass is 16.8. The first-order valence-corrected chi connectivity index (χ1v) is 8.31. The van der Waals surface area contributed by atoms with Crippen molar-refractivity contribution in [1.29, 1.82) is 0 Å². The van der Waals surface area contributed by atoms with E-state index in [2.05, 4.69) is 6.92 Å². The molecule has 0 radical (unpaired) electrons. The number of methoxy groups -OCH3 is 1. The van der Waals surface area contributed by atoms with Crippen molar-refractivity contribution in [2.24, 2.45) is 0 Å². The zero-order valence-electron chi connectivity index (χ0n) is 14.6. The summed E-state index contributed by atoms with van der Waals surface area (Å²) in [5, 5.41) is 1.87. The van der Waals surface area contributed by atoms with Gasteiger partial charge in [-0.25, -0.2) is 4.79 Å². The molecule has 1 aromatic rings. The average Bonchev–Trinajstić information content (AvgIpc) is 3.17. The van der Waals surface area contributed by atoms with Gasteiger partial charge in [0.25, 0.3) is 0 Å². The molecule has 3 rings (SSSR count). The number of hydrogen-bond acceptors (Lipinski definition) is 6. The van der Waals surface area contributed by atoms with E-state index < -0.39 is 11.9 Å². The molecule has 2 heterocycles. The summed E-state index contributed by atoms with van der Waals surface area (Å²) in [6, 6.07) is 9.97. The number of carbonyl (C=O) groups is 1. The van der Waals surface area contributed by atoms with E-state index in [1.807, 2.05) is 49.2 Å². The molecule has 0 saturated carbocycles. The number of rotatable bonds is 4. The molecule has 0 N–H and O–H groups in total. The Kier molecular flexibility index (Phi) is 4.92.